The van der Waals surface area contributed by atoms with Crippen molar-refractivity contribution in [2.75, 3.05) is 13.1 Å². The van der Waals surface area contributed by atoms with Crippen molar-refractivity contribution in [1.82, 2.24) is 10.2 Å². The van der Waals surface area contributed by atoms with E-state index in [4.69, 9.17) is 0 Å². The Morgan fingerprint density at radius 2 is 2.27 bits per heavy atom. The molecule has 0 aliphatic carbocycles. The molecule has 2 heterocycles. The molecule has 2 aliphatic rings. The van der Waals surface area contributed by atoms with Gasteiger partial charge in [0, 0.05) is 25.0 Å². The molecular formula is C12H22N2O. The minimum Gasteiger partial charge on any atom is -0.340 e. The molecule has 0 radical (unpaired) electrons. The Morgan fingerprint density at radius 1 is 1.47 bits per heavy atom. The van der Waals surface area contributed by atoms with Crippen LogP contribution in [0.2, 0.25) is 0 Å². The molecule has 2 aliphatic heterocycles. The summed E-state index contributed by atoms with van der Waals surface area (Å²) in [5, 5.41) is 3.39. The zero-order valence-electron chi connectivity index (χ0n) is 9.83. The van der Waals surface area contributed by atoms with Crippen molar-refractivity contribution in [2.45, 2.75) is 51.6 Å². The van der Waals surface area contributed by atoms with Crippen LogP contribution in [0, 0.1) is 5.92 Å². The molecule has 86 valence electrons. The Labute approximate surface area is 92.2 Å². The lowest BCUT2D eigenvalue weighted by atomic mass is 10.1. The number of likely N-dealkylation sites (tertiary alicyclic amines) is 1. The highest BCUT2D eigenvalue weighted by Gasteiger charge is 2.31. The summed E-state index contributed by atoms with van der Waals surface area (Å²) in [6.45, 7) is 6.46. The van der Waals surface area contributed by atoms with Gasteiger partial charge in [-0.25, -0.2) is 0 Å². The first-order chi connectivity index (χ1) is 7.16. The molecule has 2 saturated heterocycles. The van der Waals surface area contributed by atoms with Crippen LogP contribution in [0.1, 0.15) is 39.5 Å². The predicted octanol–water partition coefficient (Wildman–Crippen LogP) is 1.39. The molecule has 2 fully saturated rings. The average Bonchev–Trinajstić information content (AvgIpc) is 2.75. The molecule has 15 heavy (non-hydrogen) atoms. The monoisotopic (exact) mass is 210 g/mol. The number of carbonyl (C=O) groups is 1. The van der Waals surface area contributed by atoms with E-state index in [0.717, 1.165) is 13.1 Å². The summed E-state index contributed by atoms with van der Waals surface area (Å²) in [5.41, 5.74) is 0. The fourth-order valence-electron chi connectivity index (χ4n) is 2.91. The number of carbonyl (C=O) groups excluding carboxylic acids is 1. The van der Waals surface area contributed by atoms with Gasteiger partial charge in [0.2, 0.25) is 5.91 Å². The Kier molecular flexibility index (Phi) is 3.29. The number of rotatable bonds is 2. The molecule has 0 spiro atoms. The van der Waals surface area contributed by atoms with Crippen molar-refractivity contribution in [3.8, 4) is 0 Å². The maximum absolute atomic E-state index is 12.0. The first-order valence-corrected chi connectivity index (χ1v) is 6.19. The third-order valence-corrected chi connectivity index (χ3v) is 3.69. The SMILES string of the molecule is CC1CC(C)N(C(=O)CC2CCCN2)C1. The first-order valence-electron chi connectivity index (χ1n) is 6.19. The Bertz CT molecular complexity index is 236. The lowest BCUT2D eigenvalue weighted by Gasteiger charge is -2.23. The standard InChI is InChI=1S/C12H22N2O/c1-9-6-10(2)14(8-9)12(15)7-11-4-3-5-13-11/h9-11,13H,3-8H2,1-2H3. The van der Waals surface area contributed by atoms with Gasteiger partial charge in [-0.3, -0.25) is 4.79 Å². The molecule has 3 atom stereocenters. The molecule has 0 saturated carbocycles. The van der Waals surface area contributed by atoms with Gasteiger partial charge in [-0.1, -0.05) is 6.92 Å². The molecule has 3 unspecified atom stereocenters. The molecule has 0 aromatic carbocycles. The number of nitrogens with zero attached hydrogens (tertiary/aromatic N) is 1. The summed E-state index contributed by atoms with van der Waals surface area (Å²) >= 11 is 0. The fourth-order valence-corrected chi connectivity index (χ4v) is 2.91. The van der Waals surface area contributed by atoms with E-state index in [-0.39, 0.29) is 0 Å². The highest BCUT2D eigenvalue weighted by molar-refractivity contribution is 5.77. The lowest BCUT2D eigenvalue weighted by molar-refractivity contribution is -0.132. The highest BCUT2D eigenvalue weighted by Crippen LogP contribution is 2.23. The van der Waals surface area contributed by atoms with Gasteiger partial charge in [0.25, 0.3) is 0 Å². The lowest BCUT2D eigenvalue weighted by Crippen LogP contribution is -2.37. The summed E-state index contributed by atoms with van der Waals surface area (Å²) in [7, 11) is 0. The zero-order valence-corrected chi connectivity index (χ0v) is 9.83. The molecule has 2 rings (SSSR count). The minimum atomic E-state index is 0.353. The number of hydrogen-bond donors (Lipinski definition) is 1. The second-order valence-corrected chi connectivity index (χ2v) is 5.23. The van der Waals surface area contributed by atoms with Crippen molar-refractivity contribution in [2.24, 2.45) is 5.92 Å². The van der Waals surface area contributed by atoms with Crippen LogP contribution in [0.15, 0.2) is 0 Å². The number of nitrogens with one attached hydrogen (secondary N) is 1. The van der Waals surface area contributed by atoms with Crippen molar-refractivity contribution < 1.29 is 4.79 Å². The molecule has 3 heteroatoms. The van der Waals surface area contributed by atoms with E-state index in [1.807, 2.05) is 0 Å². The van der Waals surface area contributed by atoms with Crippen LogP contribution in [0.5, 0.6) is 0 Å². The van der Waals surface area contributed by atoms with E-state index in [1.54, 1.807) is 0 Å². The van der Waals surface area contributed by atoms with Gasteiger partial charge < -0.3 is 10.2 Å². The topological polar surface area (TPSA) is 32.3 Å². The van der Waals surface area contributed by atoms with Crippen LogP contribution in [0.4, 0.5) is 0 Å². The van der Waals surface area contributed by atoms with Crippen LogP contribution < -0.4 is 5.32 Å². The Hall–Kier alpha value is -0.570. The van der Waals surface area contributed by atoms with Gasteiger partial charge >= 0.3 is 0 Å². The average molecular weight is 210 g/mol. The molecule has 1 N–H and O–H groups in total. The van der Waals surface area contributed by atoms with E-state index in [2.05, 4.69) is 24.1 Å². The van der Waals surface area contributed by atoms with Gasteiger partial charge in [-0.05, 0) is 38.6 Å². The summed E-state index contributed by atoms with van der Waals surface area (Å²) < 4.78 is 0. The summed E-state index contributed by atoms with van der Waals surface area (Å²) in [4.78, 5) is 14.1. The van der Waals surface area contributed by atoms with Crippen molar-refractivity contribution >= 4 is 5.91 Å². The summed E-state index contributed by atoms with van der Waals surface area (Å²) in [6.07, 6.45) is 4.27. The predicted molar refractivity (Wildman–Crippen MR) is 60.6 cm³/mol. The fraction of sp³-hybridized carbons (Fsp3) is 0.917. The first kappa shape index (κ1) is 10.9. The number of amides is 1. The number of hydrogen-bond acceptors (Lipinski definition) is 2. The molecule has 1 amide bonds. The quantitative estimate of drug-likeness (QED) is 0.747. The zero-order chi connectivity index (χ0) is 10.8. The second-order valence-electron chi connectivity index (χ2n) is 5.23. The molecule has 0 aromatic heterocycles. The van der Waals surface area contributed by atoms with E-state index in [1.165, 1.54) is 19.3 Å². The molecule has 0 bridgehead atoms. The summed E-state index contributed by atoms with van der Waals surface area (Å²) in [5.74, 6) is 1.03. The molecule has 3 nitrogen and oxygen atoms in total. The van der Waals surface area contributed by atoms with E-state index in [9.17, 15) is 4.79 Å². The van der Waals surface area contributed by atoms with Gasteiger partial charge in [-0.15, -0.1) is 0 Å². The largest absolute Gasteiger partial charge is 0.340 e. The van der Waals surface area contributed by atoms with Gasteiger partial charge in [-0.2, -0.15) is 0 Å². The Balaban J connectivity index is 1.84. The second kappa shape index (κ2) is 4.52. The Morgan fingerprint density at radius 3 is 2.80 bits per heavy atom. The van der Waals surface area contributed by atoms with Crippen molar-refractivity contribution in [3.63, 3.8) is 0 Å². The maximum Gasteiger partial charge on any atom is 0.224 e. The van der Waals surface area contributed by atoms with Crippen LogP contribution in [-0.4, -0.2) is 36.0 Å². The van der Waals surface area contributed by atoms with E-state index in [0.29, 0.717) is 30.3 Å². The van der Waals surface area contributed by atoms with Gasteiger partial charge in [0.15, 0.2) is 0 Å². The third-order valence-electron chi connectivity index (χ3n) is 3.69. The summed E-state index contributed by atoms with van der Waals surface area (Å²) in [6, 6.07) is 0.898. The molecular weight excluding hydrogens is 188 g/mol. The highest BCUT2D eigenvalue weighted by atomic mass is 16.2. The minimum absolute atomic E-state index is 0.353. The van der Waals surface area contributed by atoms with Crippen molar-refractivity contribution in [3.05, 3.63) is 0 Å². The molecule has 0 aromatic rings. The van der Waals surface area contributed by atoms with Gasteiger partial charge in [0.1, 0.15) is 0 Å². The van der Waals surface area contributed by atoms with E-state index < -0.39 is 0 Å². The van der Waals surface area contributed by atoms with Crippen LogP contribution >= 0.6 is 0 Å². The third kappa shape index (κ3) is 2.51. The smallest absolute Gasteiger partial charge is 0.224 e. The van der Waals surface area contributed by atoms with Gasteiger partial charge in [0.05, 0.1) is 0 Å². The normalized spacial score (nSPS) is 36.1. The van der Waals surface area contributed by atoms with E-state index >= 15 is 0 Å². The van der Waals surface area contributed by atoms with Crippen molar-refractivity contribution in [1.29, 1.82) is 0 Å². The van der Waals surface area contributed by atoms with Crippen LogP contribution in [0.25, 0.3) is 0 Å². The van der Waals surface area contributed by atoms with Crippen LogP contribution in [0.3, 0.4) is 0 Å². The maximum atomic E-state index is 12.0. The van der Waals surface area contributed by atoms with Crippen LogP contribution in [-0.2, 0) is 4.79 Å².